The summed E-state index contributed by atoms with van der Waals surface area (Å²) in [6, 6.07) is 0.478. The molecule has 0 radical (unpaired) electrons. The molecule has 1 unspecified atom stereocenters. The van der Waals surface area contributed by atoms with Crippen molar-refractivity contribution in [3.8, 4) is 0 Å². The summed E-state index contributed by atoms with van der Waals surface area (Å²) in [5.74, 6) is -2.90. The molecule has 0 aliphatic heterocycles. The number of rotatable bonds is 15. The second-order valence-corrected chi connectivity index (χ2v) is 8.09. The van der Waals surface area contributed by atoms with Gasteiger partial charge in [0.05, 0.1) is 17.7 Å². The molecule has 1 N–H and O–H groups in total. The molecule has 1 rings (SSSR count). The van der Waals surface area contributed by atoms with Gasteiger partial charge in [-0.15, -0.1) is 0 Å². The number of halogens is 4. The SMILES string of the molecule is CCCCCCCCCCCCCOC(=O)C(C)NC(=O)c1cc(F)ccc1C(F)(F)F. The fraction of sp³-hybridized carbons (Fsp3) is 0.667. The lowest BCUT2D eigenvalue weighted by Crippen LogP contribution is -2.40. The van der Waals surface area contributed by atoms with E-state index in [0.29, 0.717) is 24.6 Å². The first kappa shape index (κ1) is 27.9. The van der Waals surface area contributed by atoms with Crippen LogP contribution in [0.25, 0.3) is 0 Å². The molecule has 0 aliphatic carbocycles. The summed E-state index contributed by atoms with van der Waals surface area (Å²) in [7, 11) is 0. The third-order valence-electron chi connectivity index (χ3n) is 5.23. The van der Waals surface area contributed by atoms with E-state index in [1.807, 2.05) is 0 Å². The Labute approximate surface area is 188 Å². The van der Waals surface area contributed by atoms with Gasteiger partial charge in [-0.3, -0.25) is 4.79 Å². The van der Waals surface area contributed by atoms with Crippen LogP contribution in [0.4, 0.5) is 17.6 Å². The summed E-state index contributed by atoms with van der Waals surface area (Å²) in [6.07, 6.45) is 7.88. The maximum atomic E-state index is 13.4. The van der Waals surface area contributed by atoms with Crippen molar-refractivity contribution >= 4 is 11.9 Å². The van der Waals surface area contributed by atoms with Crippen LogP contribution in [0.5, 0.6) is 0 Å². The van der Waals surface area contributed by atoms with Crippen LogP contribution in [-0.2, 0) is 15.7 Å². The molecular formula is C24H35F4NO3. The molecule has 1 atom stereocenters. The van der Waals surface area contributed by atoms with Crippen molar-refractivity contribution in [1.82, 2.24) is 5.32 Å². The average molecular weight is 462 g/mol. The van der Waals surface area contributed by atoms with Crippen LogP contribution in [0.1, 0.15) is 100 Å². The molecule has 0 saturated heterocycles. The summed E-state index contributed by atoms with van der Waals surface area (Å²) in [5, 5.41) is 2.15. The zero-order valence-corrected chi connectivity index (χ0v) is 19.0. The number of ether oxygens (including phenoxy) is 1. The second kappa shape index (κ2) is 14.9. The number of unbranched alkanes of at least 4 members (excludes halogenated alkanes) is 10. The molecule has 0 bridgehead atoms. The predicted octanol–water partition coefficient (Wildman–Crippen LogP) is 6.82. The van der Waals surface area contributed by atoms with E-state index in [9.17, 15) is 27.2 Å². The molecule has 0 fully saturated rings. The van der Waals surface area contributed by atoms with Crippen LogP contribution in [0.2, 0.25) is 0 Å². The van der Waals surface area contributed by atoms with Gasteiger partial charge >= 0.3 is 12.1 Å². The highest BCUT2D eigenvalue weighted by Crippen LogP contribution is 2.32. The highest BCUT2D eigenvalue weighted by atomic mass is 19.4. The van der Waals surface area contributed by atoms with Crippen molar-refractivity contribution in [2.75, 3.05) is 6.61 Å². The van der Waals surface area contributed by atoms with Gasteiger partial charge < -0.3 is 10.1 Å². The van der Waals surface area contributed by atoms with Gasteiger partial charge in [0.2, 0.25) is 0 Å². The van der Waals surface area contributed by atoms with Gasteiger partial charge in [-0.2, -0.15) is 13.2 Å². The number of hydrogen-bond acceptors (Lipinski definition) is 3. The number of nitrogens with one attached hydrogen (secondary N) is 1. The topological polar surface area (TPSA) is 55.4 Å². The number of alkyl halides is 3. The molecule has 182 valence electrons. The monoisotopic (exact) mass is 461 g/mol. The summed E-state index contributed by atoms with van der Waals surface area (Å²) >= 11 is 0. The van der Waals surface area contributed by atoms with Crippen LogP contribution in [-0.4, -0.2) is 24.5 Å². The molecule has 1 aromatic carbocycles. The molecule has 0 aliphatic rings. The fourth-order valence-corrected chi connectivity index (χ4v) is 3.35. The second-order valence-electron chi connectivity index (χ2n) is 8.09. The number of carbonyl (C=O) groups excluding carboxylic acids is 2. The van der Waals surface area contributed by atoms with Gasteiger partial charge in [0.1, 0.15) is 11.9 Å². The largest absolute Gasteiger partial charge is 0.464 e. The lowest BCUT2D eigenvalue weighted by Gasteiger charge is -2.16. The minimum atomic E-state index is -4.82. The molecule has 4 nitrogen and oxygen atoms in total. The Bertz CT molecular complexity index is 707. The Hall–Kier alpha value is -2.12. The Morgan fingerprint density at radius 3 is 2.00 bits per heavy atom. The fourth-order valence-electron chi connectivity index (χ4n) is 3.35. The van der Waals surface area contributed by atoms with Crippen LogP contribution in [0.3, 0.4) is 0 Å². The molecule has 1 aromatic rings. The van der Waals surface area contributed by atoms with Crippen LogP contribution >= 0.6 is 0 Å². The molecule has 0 aromatic heterocycles. The summed E-state index contributed by atoms with van der Waals surface area (Å²) in [4.78, 5) is 24.2. The summed E-state index contributed by atoms with van der Waals surface area (Å²) in [6.45, 7) is 3.70. The Morgan fingerprint density at radius 2 is 1.47 bits per heavy atom. The van der Waals surface area contributed by atoms with Crippen molar-refractivity contribution < 1.29 is 31.9 Å². The van der Waals surface area contributed by atoms with E-state index >= 15 is 0 Å². The smallest absolute Gasteiger partial charge is 0.417 e. The summed E-state index contributed by atoms with van der Waals surface area (Å²) in [5.41, 5.74) is -2.14. The third-order valence-corrected chi connectivity index (χ3v) is 5.23. The molecule has 0 saturated carbocycles. The van der Waals surface area contributed by atoms with Crippen molar-refractivity contribution in [3.05, 3.63) is 35.1 Å². The van der Waals surface area contributed by atoms with Crippen LogP contribution in [0, 0.1) is 5.82 Å². The highest BCUT2D eigenvalue weighted by Gasteiger charge is 2.36. The summed E-state index contributed by atoms with van der Waals surface area (Å²) < 4.78 is 57.6. The number of carbonyl (C=O) groups is 2. The zero-order valence-electron chi connectivity index (χ0n) is 19.0. The van der Waals surface area contributed by atoms with Crippen molar-refractivity contribution in [1.29, 1.82) is 0 Å². The maximum Gasteiger partial charge on any atom is 0.417 e. The molecule has 1 amide bonds. The number of amides is 1. The first-order chi connectivity index (χ1) is 15.2. The first-order valence-electron chi connectivity index (χ1n) is 11.5. The van der Waals surface area contributed by atoms with Crippen molar-refractivity contribution in [2.45, 2.75) is 96.7 Å². The molecular weight excluding hydrogens is 426 g/mol. The predicted molar refractivity (Wildman–Crippen MR) is 116 cm³/mol. The quantitative estimate of drug-likeness (QED) is 0.177. The number of esters is 1. The Kier molecular flexibility index (Phi) is 13.0. The van der Waals surface area contributed by atoms with Crippen LogP contribution < -0.4 is 5.32 Å². The molecule has 8 heteroatoms. The van der Waals surface area contributed by atoms with Crippen molar-refractivity contribution in [3.63, 3.8) is 0 Å². The molecule has 0 heterocycles. The normalized spacial score (nSPS) is 12.4. The Morgan fingerprint density at radius 1 is 0.938 bits per heavy atom. The van der Waals surface area contributed by atoms with E-state index in [1.54, 1.807) is 0 Å². The van der Waals surface area contributed by atoms with E-state index < -0.39 is 41.0 Å². The lowest BCUT2D eigenvalue weighted by atomic mass is 10.1. The van der Waals surface area contributed by atoms with Gasteiger partial charge in [-0.25, -0.2) is 9.18 Å². The average Bonchev–Trinajstić information content (AvgIpc) is 2.73. The van der Waals surface area contributed by atoms with Crippen molar-refractivity contribution in [2.24, 2.45) is 0 Å². The van der Waals surface area contributed by atoms with E-state index in [2.05, 4.69) is 12.2 Å². The standard InChI is InChI=1S/C24H35F4NO3/c1-3-4-5-6-7-8-9-10-11-12-13-16-32-23(31)18(2)29-22(30)20-17-19(25)14-15-21(20)24(26,27)28/h14-15,17-18H,3-13,16H2,1-2H3,(H,29,30). The van der Waals surface area contributed by atoms with E-state index in [-0.39, 0.29) is 6.61 Å². The third kappa shape index (κ3) is 11.0. The van der Waals surface area contributed by atoms with E-state index in [4.69, 9.17) is 4.74 Å². The lowest BCUT2D eigenvalue weighted by molar-refractivity contribution is -0.145. The van der Waals surface area contributed by atoms with Gasteiger partial charge in [-0.05, 0) is 31.5 Å². The van der Waals surface area contributed by atoms with Gasteiger partial charge in [0.25, 0.3) is 5.91 Å². The number of hydrogen-bond donors (Lipinski definition) is 1. The minimum absolute atomic E-state index is 0.184. The number of benzene rings is 1. The molecule has 32 heavy (non-hydrogen) atoms. The first-order valence-corrected chi connectivity index (χ1v) is 11.5. The highest BCUT2D eigenvalue weighted by molar-refractivity contribution is 5.98. The Balaban J connectivity index is 2.26. The van der Waals surface area contributed by atoms with Gasteiger partial charge in [0, 0.05) is 0 Å². The zero-order chi connectivity index (χ0) is 24.0. The molecule has 0 spiro atoms. The van der Waals surface area contributed by atoms with Gasteiger partial charge in [-0.1, -0.05) is 71.1 Å². The minimum Gasteiger partial charge on any atom is -0.464 e. The van der Waals surface area contributed by atoms with Gasteiger partial charge in [0.15, 0.2) is 0 Å². The van der Waals surface area contributed by atoms with E-state index in [0.717, 1.165) is 19.3 Å². The van der Waals surface area contributed by atoms with Crippen LogP contribution in [0.15, 0.2) is 18.2 Å². The van der Waals surface area contributed by atoms with E-state index in [1.165, 1.54) is 51.9 Å². The maximum absolute atomic E-state index is 13.4.